The first-order valence-corrected chi connectivity index (χ1v) is 6.76. The predicted octanol–water partition coefficient (Wildman–Crippen LogP) is 2.31. The second kappa shape index (κ2) is 8.53. The lowest BCUT2D eigenvalue weighted by Gasteiger charge is -2.17. The molecule has 0 fully saturated rings. The average Bonchev–Trinajstić information content (AvgIpc) is 2.39. The van der Waals surface area contributed by atoms with Crippen LogP contribution >= 0.6 is 0 Å². The number of carbonyl (C=O) groups excluding carboxylic acids is 1. The van der Waals surface area contributed by atoms with E-state index >= 15 is 0 Å². The normalized spacial score (nSPS) is 11.9. The fourth-order valence-electron chi connectivity index (χ4n) is 1.66. The zero-order valence-corrected chi connectivity index (χ0v) is 11.9. The molecule has 0 amide bonds. The highest BCUT2D eigenvalue weighted by atomic mass is 16.5. The van der Waals surface area contributed by atoms with Crippen LogP contribution in [0.2, 0.25) is 0 Å². The summed E-state index contributed by atoms with van der Waals surface area (Å²) in [5.41, 5.74) is 1.13. The highest BCUT2D eigenvalue weighted by Gasteiger charge is 2.19. The number of aryl methyl sites for hydroxylation is 1. The fraction of sp³-hybridized carbons (Fsp3) is 0.533. The molecule has 0 radical (unpaired) electrons. The van der Waals surface area contributed by atoms with E-state index in [4.69, 9.17) is 9.47 Å². The van der Waals surface area contributed by atoms with Gasteiger partial charge >= 0.3 is 5.97 Å². The van der Waals surface area contributed by atoms with Crippen molar-refractivity contribution in [3.63, 3.8) is 0 Å². The van der Waals surface area contributed by atoms with Crippen LogP contribution in [-0.2, 0) is 9.53 Å². The lowest BCUT2D eigenvalue weighted by atomic mass is 10.2. The number of ether oxygens (including phenoxy) is 2. The molecule has 4 nitrogen and oxygen atoms in total. The molecule has 0 saturated carbocycles. The van der Waals surface area contributed by atoms with Gasteiger partial charge in [0.25, 0.3) is 0 Å². The minimum Gasteiger partial charge on any atom is -0.491 e. The number of hydrogen-bond acceptors (Lipinski definition) is 4. The molecule has 0 bridgehead atoms. The molecule has 4 heteroatoms. The molecule has 1 N–H and O–H groups in total. The van der Waals surface area contributed by atoms with E-state index in [0.717, 1.165) is 24.3 Å². The van der Waals surface area contributed by atoms with Crippen molar-refractivity contribution in [3.8, 4) is 5.75 Å². The highest BCUT2D eigenvalue weighted by Crippen LogP contribution is 2.12. The van der Waals surface area contributed by atoms with Crippen LogP contribution in [0.3, 0.4) is 0 Å². The first-order valence-electron chi connectivity index (χ1n) is 6.76. The largest absolute Gasteiger partial charge is 0.491 e. The maximum atomic E-state index is 11.8. The summed E-state index contributed by atoms with van der Waals surface area (Å²) in [5, 5.41) is 3.14. The van der Waals surface area contributed by atoms with E-state index in [1.165, 1.54) is 0 Å². The van der Waals surface area contributed by atoms with Gasteiger partial charge in [0, 0.05) is 0 Å². The maximum absolute atomic E-state index is 11.8. The van der Waals surface area contributed by atoms with E-state index in [2.05, 4.69) is 12.2 Å². The van der Waals surface area contributed by atoms with Gasteiger partial charge in [-0.25, -0.2) is 0 Å². The van der Waals surface area contributed by atoms with E-state index < -0.39 is 6.04 Å². The van der Waals surface area contributed by atoms with Gasteiger partial charge in [-0.2, -0.15) is 0 Å². The molecule has 19 heavy (non-hydrogen) atoms. The Kier molecular flexibility index (Phi) is 6.97. The van der Waals surface area contributed by atoms with E-state index in [0.29, 0.717) is 6.61 Å². The Hall–Kier alpha value is -1.55. The fourth-order valence-corrected chi connectivity index (χ4v) is 1.66. The summed E-state index contributed by atoms with van der Waals surface area (Å²) in [4.78, 5) is 11.8. The first-order chi connectivity index (χ1) is 9.17. The molecule has 0 aliphatic carbocycles. The quantitative estimate of drug-likeness (QED) is 0.733. The predicted molar refractivity (Wildman–Crippen MR) is 75.4 cm³/mol. The van der Waals surface area contributed by atoms with Gasteiger partial charge in [-0.15, -0.1) is 0 Å². The third kappa shape index (κ3) is 5.75. The molecular weight excluding hydrogens is 242 g/mol. The SMILES string of the molecule is CCCNC(COc1cccc(C)c1)C(=O)OCC. The molecule has 0 aliphatic rings. The van der Waals surface area contributed by atoms with Crippen LogP contribution < -0.4 is 10.1 Å². The maximum Gasteiger partial charge on any atom is 0.326 e. The van der Waals surface area contributed by atoms with E-state index in [9.17, 15) is 4.79 Å². The molecule has 0 saturated heterocycles. The second-order valence-electron chi connectivity index (χ2n) is 4.39. The Morgan fingerprint density at radius 3 is 2.79 bits per heavy atom. The Balaban J connectivity index is 2.54. The van der Waals surface area contributed by atoms with Gasteiger partial charge in [0.2, 0.25) is 0 Å². The van der Waals surface area contributed by atoms with Crippen molar-refractivity contribution in [1.82, 2.24) is 5.32 Å². The molecule has 0 aliphatic heterocycles. The number of nitrogens with one attached hydrogen (secondary N) is 1. The molecule has 1 aromatic carbocycles. The zero-order valence-electron chi connectivity index (χ0n) is 11.9. The van der Waals surface area contributed by atoms with E-state index in [1.54, 1.807) is 6.92 Å². The topological polar surface area (TPSA) is 47.6 Å². The Morgan fingerprint density at radius 1 is 1.37 bits per heavy atom. The molecule has 0 spiro atoms. The molecular formula is C15H23NO3. The smallest absolute Gasteiger partial charge is 0.326 e. The van der Waals surface area contributed by atoms with Crippen molar-refractivity contribution >= 4 is 5.97 Å². The standard InChI is InChI=1S/C15H23NO3/c1-4-9-16-14(15(17)18-5-2)11-19-13-8-6-7-12(3)10-13/h6-8,10,14,16H,4-5,9,11H2,1-3H3. The minimum absolute atomic E-state index is 0.261. The van der Waals surface area contributed by atoms with Crippen molar-refractivity contribution in [2.24, 2.45) is 0 Å². The summed E-state index contributed by atoms with van der Waals surface area (Å²) in [6.07, 6.45) is 0.959. The molecule has 0 heterocycles. The van der Waals surface area contributed by atoms with Crippen molar-refractivity contribution < 1.29 is 14.3 Å². The number of benzene rings is 1. The molecule has 1 aromatic rings. The summed E-state index contributed by atoms with van der Waals surface area (Å²) in [5.74, 6) is 0.510. The monoisotopic (exact) mass is 265 g/mol. The number of hydrogen-bond donors (Lipinski definition) is 1. The van der Waals surface area contributed by atoms with Gasteiger partial charge in [-0.1, -0.05) is 19.1 Å². The lowest BCUT2D eigenvalue weighted by Crippen LogP contribution is -2.43. The van der Waals surface area contributed by atoms with Gasteiger partial charge in [0.05, 0.1) is 6.61 Å². The summed E-state index contributed by atoms with van der Waals surface area (Å²) < 4.78 is 10.7. The number of esters is 1. The Morgan fingerprint density at radius 2 is 2.16 bits per heavy atom. The van der Waals surface area contributed by atoms with Crippen molar-refractivity contribution in [2.45, 2.75) is 33.2 Å². The average molecular weight is 265 g/mol. The van der Waals surface area contributed by atoms with Gasteiger partial charge < -0.3 is 14.8 Å². The van der Waals surface area contributed by atoms with Gasteiger partial charge in [-0.3, -0.25) is 4.79 Å². The van der Waals surface area contributed by atoms with Crippen molar-refractivity contribution in [2.75, 3.05) is 19.8 Å². The molecule has 1 unspecified atom stereocenters. The zero-order chi connectivity index (χ0) is 14.1. The molecule has 0 aromatic heterocycles. The molecule has 106 valence electrons. The van der Waals surface area contributed by atoms with Crippen LogP contribution in [0.5, 0.6) is 5.75 Å². The van der Waals surface area contributed by atoms with Crippen molar-refractivity contribution in [3.05, 3.63) is 29.8 Å². The van der Waals surface area contributed by atoms with Gasteiger partial charge in [0.15, 0.2) is 0 Å². The Labute approximate surface area is 115 Å². The first kappa shape index (κ1) is 15.5. The number of carbonyl (C=O) groups is 1. The second-order valence-corrected chi connectivity index (χ2v) is 4.39. The van der Waals surface area contributed by atoms with Gasteiger partial charge in [0.1, 0.15) is 18.4 Å². The summed E-state index contributed by atoms with van der Waals surface area (Å²) >= 11 is 0. The van der Waals surface area contributed by atoms with E-state index in [1.807, 2.05) is 31.2 Å². The van der Waals surface area contributed by atoms with Crippen LogP contribution in [0.15, 0.2) is 24.3 Å². The third-order valence-electron chi connectivity index (χ3n) is 2.62. The van der Waals surface area contributed by atoms with Crippen LogP contribution in [-0.4, -0.2) is 31.8 Å². The molecule has 1 atom stereocenters. The molecule has 1 rings (SSSR count). The summed E-state index contributed by atoms with van der Waals surface area (Å²) in [6, 6.07) is 7.35. The third-order valence-corrected chi connectivity index (χ3v) is 2.62. The van der Waals surface area contributed by atoms with E-state index in [-0.39, 0.29) is 12.6 Å². The van der Waals surface area contributed by atoms with Crippen LogP contribution in [0.1, 0.15) is 25.8 Å². The van der Waals surface area contributed by atoms with Gasteiger partial charge in [-0.05, 0) is 44.5 Å². The number of rotatable bonds is 8. The Bertz CT molecular complexity index is 393. The minimum atomic E-state index is -0.416. The summed E-state index contributed by atoms with van der Waals surface area (Å²) in [6.45, 7) is 7.29. The van der Waals surface area contributed by atoms with Crippen molar-refractivity contribution in [1.29, 1.82) is 0 Å². The lowest BCUT2D eigenvalue weighted by molar-refractivity contribution is -0.146. The van der Waals surface area contributed by atoms with Crippen LogP contribution in [0.4, 0.5) is 0 Å². The summed E-state index contributed by atoms with van der Waals surface area (Å²) in [7, 11) is 0. The highest BCUT2D eigenvalue weighted by molar-refractivity contribution is 5.76. The van der Waals surface area contributed by atoms with Crippen LogP contribution in [0.25, 0.3) is 0 Å². The van der Waals surface area contributed by atoms with Crippen LogP contribution in [0, 0.1) is 6.92 Å².